The molecule has 2 rings (SSSR count). The molecular weight excluding hydrogens is 244 g/mol. The second-order valence-electron chi connectivity index (χ2n) is 4.15. The van der Waals surface area contributed by atoms with Crippen LogP contribution in [0.3, 0.4) is 0 Å². The van der Waals surface area contributed by atoms with Crippen molar-refractivity contribution in [2.24, 2.45) is 0 Å². The molecule has 0 aliphatic heterocycles. The predicted octanol–water partition coefficient (Wildman–Crippen LogP) is 3.43. The Kier molecular flexibility index (Phi) is 3.77. The molecule has 0 fully saturated rings. The lowest BCUT2D eigenvalue weighted by molar-refractivity contribution is 0.0983. The van der Waals surface area contributed by atoms with Gasteiger partial charge < -0.3 is 4.90 Å². The number of hydrogen-bond donors (Lipinski definition) is 0. The first-order valence-corrected chi connectivity index (χ1v) is 6.80. The third-order valence-corrected chi connectivity index (χ3v) is 3.58. The minimum atomic E-state index is -0.0261. The Balaban J connectivity index is 2.35. The summed E-state index contributed by atoms with van der Waals surface area (Å²) in [5.41, 5.74) is 4.35. The van der Waals surface area contributed by atoms with E-state index in [-0.39, 0.29) is 5.91 Å². The maximum Gasteiger partial charge on any atom is 0.277 e. The minimum Gasteiger partial charge on any atom is -0.307 e. The molecule has 0 saturated carbocycles. The molecule has 1 heterocycles. The third kappa shape index (κ3) is 2.43. The number of benzene rings is 1. The first-order chi connectivity index (χ1) is 8.63. The van der Waals surface area contributed by atoms with E-state index in [0.717, 1.165) is 16.1 Å². The molecule has 1 amide bonds. The van der Waals surface area contributed by atoms with Crippen LogP contribution in [0, 0.1) is 13.8 Å². The van der Waals surface area contributed by atoms with Gasteiger partial charge in [0.2, 0.25) is 0 Å². The first kappa shape index (κ1) is 12.8. The average molecular weight is 260 g/mol. The van der Waals surface area contributed by atoms with Crippen molar-refractivity contribution in [1.82, 2.24) is 4.98 Å². The number of aromatic nitrogens is 1. The molecule has 0 radical (unpaired) electrons. The summed E-state index contributed by atoms with van der Waals surface area (Å²) in [7, 11) is 0. The van der Waals surface area contributed by atoms with Crippen LogP contribution < -0.4 is 4.90 Å². The van der Waals surface area contributed by atoms with Gasteiger partial charge in [-0.3, -0.25) is 4.79 Å². The first-order valence-electron chi connectivity index (χ1n) is 5.92. The van der Waals surface area contributed by atoms with Gasteiger partial charge in [0, 0.05) is 17.1 Å². The molecule has 0 unspecified atom stereocenters. The SMILES string of the molecule is CCN(C(=O)c1ncsc1C)c1cccc(C)c1. The van der Waals surface area contributed by atoms with Gasteiger partial charge in [-0.2, -0.15) is 0 Å². The molecule has 0 aliphatic rings. The highest BCUT2D eigenvalue weighted by Crippen LogP contribution is 2.20. The summed E-state index contributed by atoms with van der Waals surface area (Å²) in [6.45, 7) is 6.56. The van der Waals surface area contributed by atoms with E-state index >= 15 is 0 Å². The van der Waals surface area contributed by atoms with Crippen molar-refractivity contribution in [3.8, 4) is 0 Å². The van der Waals surface area contributed by atoms with E-state index in [2.05, 4.69) is 4.98 Å². The molecule has 3 nitrogen and oxygen atoms in total. The van der Waals surface area contributed by atoms with Crippen molar-refractivity contribution in [2.45, 2.75) is 20.8 Å². The number of anilines is 1. The van der Waals surface area contributed by atoms with E-state index in [1.807, 2.05) is 45.0 Å². The number of rotatable bonds is 3. The average Bonchev–Trinajstić information content (AvgIpc) is 2.76. The number of thiazole rings is 1. The molecule has 18 heavy (non-hydrogen) atoms. The van der Waals surface area contributed by atoms with Gasteiger partial charge in [-0.1, -0.05) is 12.1 Å². The Morgan fingerprint density at radius 3 is 2.72 bits per heavy atom. The van der Waals surface area contributed by atoms with Crippen LogP contribution in [0.15, 0.2) is 29.8 Å². The second-order valence-corrected chi connectivity index (χ2v) is 5.20. The molecule has 0 aliphatic carbocycles. The molecule has 0 N–H and O–H groups in total. The van der Waals surface area contributed by atoms with Gasteiger partial charge in [0.1, 0.15) is 5.69 Å². The zero-order chi connectivity index (χ0) is 13.1. The van der Waals surface area contributed by atoms with Crippen LogP contribution in [0.25, 0.3) is 0 Å². The summed E-state index contributed by atoms with van der Waals surface area (Å²) in [5, 5.41) is 0. The molecule has 4 heteroatoms. The van der Waals surface area contributed by atoms with E-state index < -0.39 is 0 Å². The molecule has 0 spiro atoms. The van der Waals surface area contributed by atoms with Crippen molar-refractivity contribution in [1.29, 1.82) is 0 Å². The number of amides is 1. The van der Waals surface area contributed by atoms with Crippen LogP contribution >= 0.6 is 11.3 Å². The third-order valence-electron chi connectivity index (χ3n) is 2.82. The fourth-order valence-corrected chi connectivity index (χ4v) is 2.45. The summed E-state index contributed by atoms with van der Waals surface area (Å²) in [4.78, 5) is 19.3. The molecule has 0 atom stereocenters. The summed E-state index contributed by atoms with van der Waals surface area (Å²) < 4.78 is 0. The number of aryl methyl sites for hydroxylation is 2. The van der Waals surface area contributed by atoms with Crippen molar-refractivity contribution >= 4 is 22.9 Å². The van der Waals surface area contributed by atoms with Gasteiger partial charge in [0.15, 0.2) is 0 Å². The van der Waals surface area contributed by atoms with Gasteiger partial charge in [0.25, 0.3) is 5.91 Å². The molecular formula is C14H16N2OS. The number of carbonyl (C=O) groups is 1. The van der Waals surface area contributed by atoms with Gasteiger partial charge in [-0.05, 0) is 38.5 Å². The van der Waals surface area contributed by atoms with Crippen molar-refractivity contribution in [2.75, 3.05) is 11.4 Å². The number of carbonyl (C=O) groups excluding carboxylic acids is 1. The monoisotopic (exact) mass is 260 g/mol. The molecule has 0 bridgehead atoms. The summed E-state index contributed by atoms with van der Waals surface area (Å²) >= 11 is 1.50. The number of nitrogens with zero attached hydrogens (tertiary/aromatic N) is 2. The predicted molar refractivity (Wildman–Crippen MR) is 75.4 cm³/mol. The van der Waals surface area contributed by atoms with E-state index in [9.17, 15) is 4.79 Å². The van der Waals surface area contributed by atoms with Crippen LogP contribution in [0.2, 0.25) is 0 Å². The van der Waals surface area contributed by atoms with Crippen molar-refractivity contribution in [3.05, 3.63) is 45.9 Å². The highest BCUT2D eigenvalue weighted by Gasteiger charge is 2.19. The topological polar surface area (TPSA) is 33.2 Å². The lowest BCUT2D eigenvalue weighted by Gasteiger charge is -2.20. The maximum atomic E-state index is 12.4. The lowest BCUT2D eigenvalue weighted by Crippen LogP contribution is -2.31. The highest BCUT2D eigenvalue weighted by atomic mass is 32.1. The standard InChI is InChI=1S/C14H16N2OS/c1-4-16(12-7-5-6-10(2)8-12)14(17)13-11(3)18-9-15-13/h5-9H,4H2,1-3H3. The van der Waals surface area contributed by atoms with E-state index in [4.69, 9.17) is 0 Å². The van der Waals surface area contributed by atoms with Crippen LogP contribution in [0.5, 0.6) is 0 Å². The van der Waals surface area contributed by atoms with Crippen LogP contribution in [-0.2, 0) is 0 Å². The van der Waals surface area contributed by atoms with E-state index in [1.54, 1.807) is 10.4 Å². The van der Waals surface area contributed by atoms with Gasteiger partial charge in [-0.25, -0.2) is 4.98 Å². The Labute approximate surface area is 111 Å². The zero-order valence-electron chi connectivity index (χ0n) is 10.8. The van der Waals surface area contributed by atoms with Gasteiger partial charge in [0.05, 0.1) is 5.51 Å². The Hall–Kier alpha value is -1.68. The normalized spacial score (nSPS) is 10.4. The zero-order valence-corrected chi connectivity index (χ0v) is 11.6. The smallest absolute Gasteiger partial charge is 0.277 e. The van der Waals surface area contributed by atoms with Crippen LogP contribution in [0.4, 0.5) is 5.69 Å². The summed E-state index contributed by atoms with van der Waals surface area (Å²) in [5.74, 6) is -0.0261. The molecule has 1 aromatic carbocycles. The fraction of sp³-hybridized carbons (Fsp3) is 0.286. The molecule has 1 aromatic heterocycles. The Morgan fingerprint density at radius 2 is 2.17 bits per heavy atom. The Morgan fingerprint density at radius 1 is 1.39 bits per heavy atom. The quantitative estimate of drug-likeness (QED) is 0.847. The maximum absolute atomic E-state index is 12.4. The van der Waals surface area contributed by atoms with Gasteiger partial charge >= 0.3 is 0 Å². The second kappa shape index (κ2) is 5.31. The van der Waals surface area contributed by atoms with Gasteiger partial charge in [-0.15, -0.1) is 11.3 Å². The summed E-state index contributed by atoms with van der Waals surface area (Å²) in [6, 6.07) is 7.96. The molecule has 2 aromatic rings. The Bertz CT molecular complexity index is 562. The number of hydrogen-bond acceptors (Lipinski definition) is 3. The van der Waals surface area contributed by atoms with Crippen molar-refractivity contribution in [3.63, 3.8) is 0 Å². The molecule has 0 saturated heterocycles. The molecule has 94 valence electrons. The highest BCUT2D eigenvalue weighted by molar-refractivity contribution is 7.09. The minimum absolute atomic E-state index is 0.0261. The largest absolute Gasteiger partial charge is 0.307 e. The lowest BCUT2D eigenvalue weighted by atomic mass is 10.2. The summed E-state index contributed by atoms with van der Waals surface area (Å²) in [6.07, 6.45) is 0. The van der Waals surface area contributed by atoms with Crippen molar-refractivity contribution < 1.29 is 4.79 Å². The van der Waals surface area contributed by atoms with Crippen LogP contribution in [0.1, 0.15) is 27.9 Å². The van der Waals surface area contributed by atoms with E-state index in [1.165, 1.54) is 11.3 Å². The van der Waals surface area contributed by atoms with Crippen LogP contribution in [-0.4, -0.2) is 17.4 Å². The fourth-order valence-electron chi connectivity index (χ4n) is 1.88. The van der Waals surface area contributed by atoms with E-state index in [0.29, 0.717) is 12.2 Å².